The van der Waals surface area contributed by atoms with E-state index in [0.29, 0.717) is 19.0 Å². The highest BCUT2D eigenvalue weighted by molar-refractivity contribution is 14.0. The molecule has 0 aromatic heterocycles. The molecule has 0 radical (unpaired) electrons. The number of rotatable bonds is 6. The Kier molecular flexibility index (Phi) is 10.8. The van der Waals surface area contributed by atoms with Gasteiger partial charge < -0.3 is 16.0 Å². The third kappa shape index (κ3) is 7.98. The fraction of sp³-hybridized carbons (Fsp3) is 0.429. The number of hydrogen-bond acceptors (Lipinski definition) is 2. The molecule has 0 fully saturated rings. The van der Waals surface area contributed by atoms with Crippen molar-refractivity contribution < 1.29 is 4.79 Å². The molecular weight excluding hydrogens is 367 g/mol. The maximum Gasteiger partial charge on any atom is 0.239 e. The van der Waals surface area contributed by atoms with E-state index in [0.717, 1.165) is 12.1 Å². The largest absolute Gasteiger partial charge is 0.357 e. The van der Waals surface area contributed by atoms with E-state index in [4.69, 9.17) is 0 Å². The highest BCUT2D eigenvalue weighted by Gasteiger charge is 2.01. The van der Waals surface area contributed by atoms with Gasteiger partial charge in [0.15, 0.2) is 5.96 Å². The third-order valence-electron chi connectivity index (χ3n) is 2.40. The molecule has 5 nitrogen and oxygen atoms in total. The van der Waals surface area contributed by atoms with Gasteiger partial charge in [0.05, 0.1) is 13.1 Å². The van der Waals surface area contributed by atoms with E-state index >= 15 is 0 Å². The number of aliphatic imine (C=N–C) groups is 1. The minimum atomic E-state index is -0.0344. The molecule has 20 heavy (non-hydrogen) atoms. The lowest BCUT2D eigenvalue weighted by Gasteiger charge is -2.11. The van der Waals surface area contributed by atoms with Gasteiger partial charge in [0.2, 0.25) is 5.91 Å². The lowest BCUT2D eigenvalue weighted by Crippen LogP contribution is -2.43. The summed E-state index contributed by atoms with van der Waals surface area (Å²) in [7, 11) is 0. The molecule has 0 aliphatic heterocycles. The molecule has 0 spiro atoms. The van der Waals surface area contributed by atoms with Crippen LogP contribution in [0.1, 0.15) is 19.4 Å². The van der Waals surface area contributed by atoms with Gasteiger partial charge in [-0.1, -0.05) is 30.3 Å². The molecule has 112 valence electrons. The number of likely N-dealkylation sites (N-methyl/N-ethyl adjacent to an activating group) is 1. The predicted octanol–water partition coefficient (Wildman–Crippen LogP) is 1.50. The van der Waals surface area contributed by atoms with E-state index in [2.05, 4.69) is 20.9 Å². The van der Waals surface area contributed by atoms with Crippen LogP contribution in [0.25, 0.3) is 0 Å². The molecule has 1 rings (SSSR count). The number of amides is 1. The topological polar surface area (TPSA) is 65.5 Å². The third-order valence-corrected chi connectivity index (χ3v) is 2.40. The molecule has 1 amide bonds. The summed E-state index contributed by atoms with van der Waals surface area (Å²) in [5, 5.41) is 8.84. The smallest absolute Gasteiger partial charge is 0.239 e. The van der Waals surface area contributed by atoms with Gasteiger partial charge in [-0.15, -0.1) is 24.0 Å². The van der Waals surface area contributed by atoms with Crippen molar-refractivity contribution in [3.63, 3.8) is 0 Å². The molecule has 1 aromatic carbocycles. The summed E-state index contributed by atoms with van der Waals surface area (Å²) in [4.78, 5) is 15.8. The number of carbonyl (C=O) groups is 1. The van der Waals surface area contributed by atoms with Crippen molar-refractivity contribution >= 4 is 35.8 Å². The molecule has 0 saturated heterocycles. The van der Waals surface area contributed by atoms with Gasteiger partial charge in [-0.2, -0.15) is 0 Å². The van der Waals surface area contributed by atoms with Crippen LogP contribution in [0.3, 0.4) is 0 Å². The number of benzene rings is 1. The van der Waals surface area contributed by atoms with Crippen molar-refractivity contribution in [2.75, 3.05) is 19.6 Å². The Morgan fingerprint density at radius 2 is 1.70 bits per heavy atom. The van der Waals surface area contributed by atoms with Crippen molar-refractivity contribution in [3.05, 3.63) is 35.9 Å². The Bertz CT molecular complexity index is 409. The lowest BCUT2D eigenvalue weighted by atomic mass is 10.2. The van der Waals surface area contributed by atoms with E-state index in [1.54, 1.807) is 0 Å². The van der Waals surface area contributed by atoms with Crippen LogP contribution in [0.4, 0.5) is 0 Å². The van der Waals surface area contributed by atoms with Gasteiger partial charge in [-0.3, -0.25) is 4.79 Å². The fourth-order valence-electron chi connectivity index (χ4n) is 1.52. The summed E-state index contributed by atoms with van der Waals surface area (Å²) in [6, 6.07) is 10.00. The van der Waals surface area contributed by atoms with Gasteiger partial charge in [0, 0.05) is 13.1 Å². The van der Waals surface area contributed by atoms with Crippen molar-refractivity contribution in [1.82, 2.24) is 16.0 Å². The SMILES string of the molecule is CCNC(=O)CNC(=NCc1ccccc1)NCC.I. The van der Waals surface area contributed by atoms with Gasteiger partial charge in [0.1, 0.15) is 0 Å². The van der Waals surface area contributed by atoms with Crippen LogP contribution < -0.4 is 16.0 Å². The first kappa shape index (κ1) is 18.7. The van der Waals surface area contributed by atoms with E-state index < -0.39 is 0 Å². The van der Waals surface area contributed by atoms with Gasteiger partial charge >= 0.3 is 0 Å². The maximum atomic E-state index is 11.4. The molecule has 0 aliphatic carbocycles. The number of carbonyl (C=O) groups excluding carboxylic acids is 1. The second kappa shape index (κ2) is 11.5. The van der Waals surface area contributed by atoms with Gasteiger partial charge in [-0.25, -0.2) is 4.99 Å². The molecule has 3 N–H and O–H groups in total. The lowest BCUT2D eigenvalue weighted by molar-refractivity contribution is -0.119. The average molecular weight is 390 g/mol. The number of hydrogen-bond donors (Lipinski definition) is 3. The van der Waals surface area contributed by atoms with Crippen LogP contribution in [0.5, 0.6) is 0 Å². The van der Waals surface area contributed by atoms with Gasteiger partial charge in [0.25, 0.3) is 0 Å². The summed E-state index contributed by atoms with van der Waals surface area (Å²) >= 11 is 0. The highest BCUT2D eigenvalue weighted by Crippen LogP contribution is 1.99. The molecule has 0 aliphatic rings. The summed E-state index contributed by atoms with van der Waals surface area (Å²) < 4.78 is 0. The average Bonchev–Trinajstić information content (AvgIpc) is 2.43. The first-order chi connectivity index (χ1) is 9.26. The molecule has 0 saturated carbocycles. The second-order valence-corrected chi connectivity index (χ2v) is 3.99. The van der Waals surface area contributed by atoms with Crippen LogP contribution >= 0.6 is 24.0 Å². The second-order valence-electron chi connectivity index (χ2n) is 3.99. The van der Waals surface area contributed by atoms with Crippen LogP contribution in [0.2, 0.25) is 0 Å². The Labute approximate surface area is 137 Å². The molecule has 1 aromatic rings. The van der Waals surface area contributed by atoms with Crippen molar-refractivity contribution in [1.29, 1.82) is 0 Å². The Balaban J connectivity index is 0.00000361. The maximum absolute atomic E-state index is 11.4. The molecular formula is C14H23IN4O. The first-order valence-corrected chi connectivity index (χ1v) is 6.59. The molecule has 6 heteroatoms. The quantitative estimate of drug-likeness (QED) is 0.392. The summed E-state index contributed by atoms with van der Waals surface area (Å²) in [6.07, 6.45) is 0. The Morgan fingerprint density at radius 3 is 2.30 bits per heavy atom. The molecule has 0 heterocycles. The van der Waals surface area contributed by atoms with Crippen molar-refractivity contribution in [2.24, 2.45) is 4.99 Å². The van der Waals surface area contributed by atoms with Crippen LogP contribution in [0, 0.1) is 0 Å². The summed E-state index contributed by atoms with van der Waals surface area (Å²) in [6.45, 7) is 6.10. The van der Waals surface area contributed by atoms with Gasteiger partial charge in [-0.05, 0) is 19.4 Å². The first-order valence-electron chi connectivity index (χ1n) is 6.59. The normalized spacial score (nSPS) is 10.4. The highest BCUT2D eigenvalue weighted by atomic mass is 127. The standard InChI is InChI=1S/C14H22N4O.HI/c1-3-15-13(19)11-18-14(16-4-2)17-10-12-8-6-5-7-9-12;/h5-9H,3-4,10-11H2,1-2H3,(H,15,19)(H2,16,17,18);1H. The van der Waals surface area contributed by atoms with E-state index in [9.17, 15) is 4.79 Å². The minimum Gasteiger partial charge on any atom is -0.357 e. The summed E-state index contributed by atoms with van der Waals surface area (Å²) in [5.41, 5.74) is 1.14. The van der Waals surface area contributed by atoms with E-state index in [1.807, 2.05) is 44.2 Å². The monoisotopic (exact) mass is 390 g/mol. The molecule has 0 unspecified atom stereocenters. The van der Waals surface area contributed by atoms with Crippen LogP contribution in [0.15, 0.2) is 35.3 Å². The fourth-order valence-corrected chi connectivity index (χ4v) is 1.52. The number of nitrogens with one attached hydrogen (secondary N) is 3. The minimum absolute atomic E-state index is 0. The van der Waals surface area contributed by atoms with Crippen LogP contribution in [-0.4, -0.2) is 31.5 Å². The van der Waals surface area contributed by atoms with Crippen LogP contribution in [-0.2, 0) is 11.3 Å². The zero-order valence-electron chi connectivity index (χ0n) is 12.0. The number of halogens is 1. The Hall–Kier alpha value is -1.31. The zero-order chi connectivity index (χ0) is 13.9. The predicted molar refractivity (Wildman–Crippen MR) is 93.4 cm³/mol. The van der Waals surface area contributed by atoms with E-state index in [-0.39, 0.29) is 36.4 Å². The number of guanidine groups is 1. The summed E-state index contributed by atoms with van der Waals surface area (Å²) in [5.74, 6) is 0.616. The molecule has 0 bridgehead atoms. The van der Waals surface area contributed by atoms with Crippen molar-refractivity contribution in [3.8, 4) is 0 Å². The van der Waals surface area contributed by atoms with E-state index in [1.165, 1.54) is 0 Å². The Morgan fingerprint density at radius 1 is 1.05 bits per heavy atom. The zero-order valence-corrected chi connectivity index (χ0v) is 14.3. The number of nitrogens with zero attached hydrogens (tertiary/aromatic N) is 1. The molecule has 0 atom stereocenters. The van der Waals surface area contributed by atoms with Crippen molar-refractivity contribution in [2.45, 2.75) is 20.4 Å².